The van der Waals surface area contributed by atoms with Crippen LogP contribution in [0, 0.1) is 5.82 Å². The van der Waals surface area contributed by atoms with Crippen molar-refractivity contribution in [1.82, 2.24) is 0 Å². The highest BCUT2D eigenvalue weighted by molar-refractivity contribution is 5.88. The van der Waals surface area contributed by atoms with E-state index >= 15 is 0 Å². The molecule has 0 atom stereocenters. The first-order valence-electron chi connectivity index (χ1n) is 5.49. The van der Waals surface area contributed by atoms with Gasteiger partial charge in [0.1, 0.15) is 0 Å². The Kier molecular flexibility index (Phi) is 2.33. The van der Waals surface area contributed by atoms with Gasteiger partial charge in [-0.15, -0.1) is 0 Å². The van der Waals surface area contributed by atoms with Crippen molar-refractivity contribution in [1.29, 1.82) is 0 Å². The molecule has 2 heteroatoms. The fourth-order valence-electron chi connectivity index (χ4n) is 2.03. The molecule has 0 aliphatic heterocycles. The molecule has 0 aliphatic carbocycles. The predicted octanol–water partition coefficient (Wildman–Crippen LogP) is 3.26. The molecule has 0 bridgehead atoms. The van der Waals surface area contributed by atoms with Gasteiger partial charge in [0.05, 0.1) is 5.39 Å². The number of halogens is 1. The highest BCUT2D eigenvalue weighted by Crippen LogP contribution is 2.18. The Morgan fingerprint density at radius 3 is 2.53 bits per heavy atom. The lowest BCUT2D eigenvalue weighted by atomic mass is 10.1. The molecule has 0 aliphatic rings. The van der Waals surface area contributed by atoms with Crippen molar-refractivity contribution in [2.45, 2.75) is 0 Å². The van der Waals surface area contributed by atoms with E-state index in [0.29, 0.717) is 0 Å². The van der Waals surface area contributed by atoms with E-state index in [1.807, 2.05) is 36.5 Å². The highest BCUT2D eigenvalue weighted by Gasteiger charge is 2.10. The van der Waals surface area contributed by atoms with Crippen LogP contribution in [0.5, 0.6) is 0 Å². The van der Waals surface area contributed by atoms with Crippen LogP contribution in [0.2, 0.25) is 0 Å². The first kappa shape index (κ1) is 9.97. The zero-order valence-corrected chi connectivity index (χ0v) is 9.18. The molecule has 2 aromatic carbocycles. The normalized spacial score (nSPS) is 10.6. The maximum atomic E-state index is 13.2. The van der Waals surface area contributed by atoms with E-state index in [0.717, 1.165) is 16.5 Å². The number of fused-ring (bicyclic) bond motifs is 1. The lowest BCUT2D eigenvalue weighted by Crippen LogP contribution is -2.30. The van der Waals surface area contributed by atoms with Gasteiger partial charge in [0.2, 0.25) is 11.9 Å². The molecule has 0 saturated carbocycles. The molecular weight excluding hydrogens is 213 g/mol. The van der Waals surface area contributed by atoms with Gasteiger partial charge in [0.15, 0.2) is 12.0 Å². The summed E-state index contributed by atoms with van der Waals surface area (Å²) in [6.07, 6.45) is 3.34. The first-order chi connectivity index (χ1) is 8.34. The summed E-state index contributed by atoms with van der Waals surface area (Å²) in [5.41, 5.74) is 0.989. The molecule has 0 spiro atoms. The summed E-state index contributed by atoms with van der Waals surface area (Å²) in [6, 6.07) is 17.3. The Bertz CT molecular complexity index is 671. The molecule has 0 unspecified atom stereocenters. The Morgan fingerprint density at radius 2 is 1.65 bits per heavy atom. The molecule has 0 amide bonds. The third-order valence-electron chi connectivity index (χ3n) is 2.81. The summed E-state index contributed by atoms with van der Waals surface area (Å²) < 4.78 is 15.0. The van der Waals surface area contributed by atoms with Crippen molar-refractivity contribution in [2.75, 3.05) is 0 Å². The van der Waals surface area contributed by atoms with E-state index in [1.165, 1.54) is 12.3 Å². The van der Waals surface area contributed by atoms with Gasteiger partial charge < -0.3 is 0 Å². The smallest absolute Gasteiger partial charge is 0.200 e. The fraction of sp³-hybridized carbons (Fsp3) is 0. The van der Waals surface area contributed by atoms with Crippen molar-refractivity contribution in [3.63, 3.8) is 0 Å². The number of benzene rings is 2. The molecule has 0 radical (unpaired) electrons. The number of pyridine rings is 1. The second-order valence-corrected chi connectivity index (χ2v) is 3.93. The summed E-state index contributed by atoms with van der Waals surface area (Å²) in [5.74, 6) is -0.236. The van der Waals surface area contributed by atoms with E-state index in [1.54, 1.807) is 10.6 Å². The van der Waals surface area contributed by atoms with Crippen molar-refractivity contribution in [3.8, 4) is 5.69 Å². The van der Waals surface area contributed by atoms with Gasteiger partial charge in [-0.3, -0.25) is 0 Å². The van der Waals surface area contributed by atoms with Crippen LogP contribution in [0.1, 0.15) is 0 Å². The van der Waals surface area contributed by atoms with Crippen LogP contribution in [0.25, 0.3) is 16.5 Å². The van der Waals surface area contributed by atoms with E-state index < -0.39 is 0 Å². The predicted molar refractivity (Wildman–Crippen MR) is 65.4 cm³/mol. The minimum Gasteiger partial charge on any atom is -0.200 e. The summed E-state index contributed by atoms with van der Waals surface area (Å²) in [6.45, 7) is 0. The minimum absolute atomic E-state index is 0.236. The topological polar surface area (TPSA) is 3.88 Å². The zero-order chi connectivity index (χ0) is 11.7. The SMILES string of the molecule is Fc1ccc[n+](-c2cccc3ccccc23)c1. The molecule has 0 saturated heterocycles. The fourth-order valence-corrected chi connectivity index (χ4v) is 2.03. The van der Waals surface area contributed by atoms with Crippen LogP contribution in [0.15, 0.2) is 67.0 Å². The van der Waals surface area contributed by atoms with Crippen molar-refractivity contribution in [3.05, 3.63) is 72.8 Å². The van der Waals surface area contributed by atoms with Gasteiger partial charge in [0, 0.05) is 12.1 Å². The maximum absolute atomic E-state index is 13.2. The molecule has 3 aromatic rings. The number of rotatable bonds is 1. The Labute approximate surface area is 98.8 Å². The molecular formula is C15H11FN+. The monoisotopic (exact) mass is 224 g/mol. The molecule has 17 heavy (non-hydrogen) atoms. The average Bonchev–Trinajstić information content (AvgIpc) is 2.38. The van der Waals surface area contributed by atoms with E-state index in [4.69, 9.17) is 0 Å². The van der Waals surface area contributed by atoms with E-state index in [9.17, 15) is 4.39 Å². The first-order valence-corrected chi connectivity index (χ1v) is 5.49. The van der Waals surface area contributed by atoms with Gasteiger partial charge in [-0.05, 0) is 17.5 Å². The van der Waals surface area contributed by atoms with Crippen LogP contribution in [-0.2, 0) is 0 Å². The van der Waals surface area contributed by atoms with Crippen LogP contribution in [0.4, 0.5) is 4.39 Å². The van der Waals surface area contributed by atoms with Crippen molar-refractivity contribution >= 4 is 10.8 Å². The molecule has 0 N–H and O–H groups in total. The second kappa shape index (κ2) is 3.98. The largest absolute Gasteiger partial charge is 0.218 e. The quantitative estimate of drug-likeness (QED) is 0.559. The van der Waals surface area contributed by atoms with Crippen LogP contribution in [0.3, 0.4) is 0 Å². The standard InChI is InChI=1S/C15H11FN/c16-13-7-4-10-17(11-13)15-9-3-6-12-5-1-2-8-14(12)15/h1-11H/q+1. The number of hydrogen-bond acceptors (Lipinski definition) is 0. The minimum atomic E-state index is -0.236. The summed E-state index contributed by atoms with van der Waals surface area (Å²) in [7, 11) is 0. The molecule has 3 rings (SSSR count). The maximum Gasteiger partial charge on any atom is 0.218 e. The number of aromatic nitrogens is 1. The zero-order valence-electron chi connectivity index (χ0n) is 9.18. The third kappa shape index (κ3) is 1.78. The Balaban J connectivity index is 2.30. The molecule has 82 valence electrons. The van der Waals surface area contributed by atoms with Crippen molar-refractivity contribution in [2.24, 2.45) is 0 Å². The summed E-state index contributed by atoms with van der Waals surface area (Å²) in [4.78, 5) is 0. The third-order valence-corrected chi connectivity index (χ3v) is 2.81. The van der Waals surface area contributed by atoms with Crippen LogP contribution >= 0.6 is 0 Å². The number of nitrogens with zero attached hydrogens (tertiary/aromatic N) is 1. The van der Waals surface area contributed by atoms with Gasteiger partial charge in [-0.25, -0.2) is 4.39 Å². The average molecular weight is 224 g/mol. The Morgan fingerprint density at radius 1 is 0.824 bits per heavy atom. The molecule has 1 heterocycles. The van der Waals surface area contributed by atoms with Crippen molar-refractivity contribution < 1.29 is 8.96 Å². The van der Waals surface area contributed by atoms with Crippen LogP contribution in [-0.4, -0.2) is 0 Å². The number of hydrogen-bond donors (Lipinski definition) is 0. The second-order valence-electron chi connectivity index (χ2n) is 3.93. The van der Waals surface area contributed by atoms with Gasteiger partial charge in [-0.1, -0.05) is 30.3 Å². The van der Waals surface area contributed by atoms with Gasteiger partial charge >= 0.3 is 0 Å². The lowest BCUT2D eigenvalue weighted by Gasteiger charge is -2.01. The lowest BCUT2D eigenvalue weighted by molar-refractivity contribution is -0.595. The summed E-state index contributed by atoms with van der Waals surface area (Å²) >= 11 is 0. The van der Waals surface area contributed by atoms with E-state index in [2.05, 4.69) is 12.1 Å². The van der Waals surface area contributed by atoms with E-state index in [-0.39, 0.29) is 5.82 Å². The summed E-state index contributed by atoms with van der Waals surface area (Å²) in [5, 5.41) is 2.27. The van der Waals surface area contributed by atoms with Crippen LogP contribution < -0.4 is 4.57 Å². The van der Waals surface area contributed by atoms with Gasteiger partial charge in [-0.2, -0.15) is 4.57 Å². The Hall–Kier alpha value is -2.22. The van der Waals surface area contributed by atoms with Gasteiger partial charge in [0.25, 0.3) is 0 Å². The molecule has 1 aromatic heterocycles. The molecule has 1 nitrogen and oxygen atoms in total. The highest BCUT2D eigenvalue weighted by atomic mass is 19.1. The molecule has 0 fully saturated rings.